The van der Waals surface area contributed by atoms with E-state index in [1.807, 2.05) is 7.05 Å². The first-order valence-electron chi connectivity index (χ1n) is 2.84. The molecule has 0 heterocycles. The Morgan fingerprint density at radius 2 is 2.22 bits per heavy atom. The normalized spacial score (nSPS) is 9.44. The SMILES string of the molecule is CNCCNCC(=O)O. The third-order valence-electron chi connectivity index (χ3n) is 0.828. The van der Waals surface area contributed by atoms with Gasteiger partial charge in [-0.3, -0.25) is 4.79 Å². The highest BCUT2D eigenvalue weighted by atomic mass is 16.4. The van der Waals surface area contributed by atoms with Gasteiger partial charge in [0.1, 0.15) is 0 Å². The summed E-state index contributed by atoms with van der Waals surface area (Å²) in [5.74, 6) is -0.814. The minimum Gasteiger partial charge on any atom is -0.480 e. The first-order chi connectivity index (χ1) is 4.27. The van der Waals surface area contributed by atoms with Gasteiger partial charge < -0.3 is 15.7 Å². The van der Waals surface area contributed by atoms with E-state index in [0.717, 1.165) is 6.54 Å². The van der Waals surface area contributed by atoms with Crippen molar-refractivity contribution in [2.45, 2.75) is 0 Å². The largest absolute Gasteiger partial charge is 0.480 e. The van der Waals surface area contributed by atoms with Crippen LogP contribution in [0.2, 0.25) is 0 Å². The zero-order valence-corrected chi connectivity index (χ0v) is 5.48. The molecule has 54 valence electrons. The summed E-state index contributed by atoms with van der Waals surface area (Å²) in [6.07, 6.45) is 0. The molecule has 0 radical (unpaired) electrons. The molecule has 0 aliphatic rings. The van der Waals surface area contributed by atoms with E-state index in [0.29, 0.717) is 6.54 Å². The number of hydrogen-bond acceptors (Lipinski definition) is 3. The van der Waals surface area contributed by atoms with Crippen molar-refractivity contribution in [3.63, 3.8) is 0 Å². The van der Waals surface area contributed by atoms with Crippen LogP contribution in [-0.4, -0.2) is 37.8 Å². The molecular weight excluding hydrogens is 120 g/mol. The van der Waals surface area contributed by atoms with Crippen LogP contribution in [-0.2, 0) is 4.79 Å². The van der Waals surface area contributed by atoms with Crippen LogP contribution in [0.25, 0.3) is 0 Å². The molecular formula is C5H12N2O2. The van der Waals surface area contributed by atoms with Crippen molar-refractivity contribution in [1.29, 1.82) is 0 Å². The highest BCUT2D eigenvalue weighted by Crippen LogP contribution is 1.58. The molecule has 0 saturated carbocycles. The van der Waals surface area contributed by atoms with E-state index in [1.165, 1.54) is 0 Å². The summed E-state index contributed by atoms with van der Waals surface area (Å²) < 4.78 is 0. The third-order valence-corrected chi connectivity index (χ3v) is 0.828. The molecule has 0 saturated heterocycles. The maximum Gasteiger partial charge on any atom is 0.317 e. The molecule has 4 heteroatoms. The van der Waals surface area contributed by atoms with Crippen LogP contribution in [0.3, 0.4) is 0 Å². The summed E-state index contributed by atoms with van der Waals surface area (Å²) in [4.78, 5) is 9.88. The van der Waals surface area contributed by atoms with Crippen LogP contribution in [0.1, 0.15) is 0 Å². The zero-order valence-electron chi connectivity index (χ0n) is 5.48. The van der Waals surface area contributed by atoms with Gasteiger partial charge in [0, 0.05) is 13.1 Å². The molecule has 0 spiro atoms. The summed E-state index contributed by atoms with van der Waals surface area (Å²) in [7, 11) is 1.82. The second-order valence-electron chi connectivity index (χ2n) is 1.67. The third kappa shape index (κ3) is 7.39. The molecule has 4 nitrogen and oxygen atoms in total. The number of carboxylic acid groups (broad SMARTS) is 1. The molecule has 0 aromatic carbocycles. The molecule has 3 N–H and O–H groups in total. The topological polar surface area (TPSA) is 61.4 Å². The lowest BCUT2D eigenvalue weighted by atomic mass is 10.6. The van der Waals surface area contributed by atoms with Gasteiger partial charge in [-0.25, -0.2) is 0 Å². The van der Waals surface area contributed by atoms with E-state index in [2.05, 4.69) is 10.6 Å². The van der Waals surface area contributed by atoms with Crippen molar-refractivity contribution in [3.05, 3.63) is 0 Å². The molecule has 0 aromatic heterocycles. The zero-order chi connectivity index (χ0) is 7.11. The molecule has 9 heavy (non-hydrogen) atoms. The smallest absolute Gasteiger partial charge is 0.317 e. The van der Waals surface area contributed by atoms with Crippen molar-refractivity contribution in [2.75, 3.05) is 26.7 Å². The number of likely N-dealkylation sites (N-methyl/N-ethyl adjacent to an activating group) is 1. The number of aliphatic carboxylic acids is 1. The van der Waals surface area contributed by atoms with Gasteiger partial charge in [-0.15, -0.1) is 0 Å². The highest BCUT2D eigenvalue weighted by molar-refractivity contribution is 5.68. The minimum atomic E-state index is -0.814. The van der Waals surface area contributed by atoms with E-state index in [9.17, 15) is 4.79 Å². The molecule has 0 amide bonds. The first kappa shape index (κ1) is 8.39. The van der Waals surface area contributed by atoms with Crippen molar-refractivity contribution in [3.8, 4) is 0 Å². The van der Waals surface area contributed by atoms with Crippen LogP contribution in [0.4, 0.5) is 0 Å². The summed E-state index contributed by atoms with van der Waals surface area (Å²) in [6, 6.07) is 0. The maximum absolute atomic E-state index is 9.88. The van der Waals surface area contributed by atoms with Crippen molar-refractivity contribution < 1.29 is 9.90 Å². The van der Waals surface area contributed by atoms with Gasteiger partial charge >= 0.3 is 5.97 Å². The number of nitrogens with one attached hydrogen (secondary N) is 2. The van der Waals surface area contributed by atoms with E-state index in [-0.39, 0.29) is 6.54 Å². The van der Waals surface area contributed by atoms with Gasteiger partial charge in [-0.1, -0.05) is 0 Å². The summed E-state index contributed by atoms with van der Waals surface area (Å²) >= 11 is 0. The Bertz CT molecular complexity index is 85.0. The standard InChI is InChI=1S/C5H12N2O2/c1-6-2-3-7-4-5(8)9/h6-7H,2-4H2,1H3,(H,8,9). The Labute approximate surface area is 54.3 Å². The van der Waals surface area contributed by atoms with Gasteiger partial charge in [-0.05, 0) is 7.05 Å². The predicted molar refractivity (Wildman–Crippen MR) is 34.4 cm³/mol. The Kier molecular flexibility index (Phi) is 5.15. The van der Waals surface area contributed by atoms with Crippen molar-refractivity contribution in [1.82, 2.24) is 10.6 Å². The lowest BCUT2D eigenvalue weighted by Gasteiger charge is -1.98. The number of carbonyl (C=O) groups is 1. The maximum atomic E-state index is 9.88. The quantitative estimate of drug-likeness (QED) is 0.415. The Hall–Kier alpha value is -0.610. The van der Waals surface area contributed by atoms with Gasteiger partial charge in [-0.2, -0.15) is 0 Å². The molecule has 0 fully saturated rings. The number of carboxylic acids is 1. The monoisotopic (exact) mass is 132 g/mol. The van der Waals surface area contributed by atoms with E-state index in [1.54, 1.807) is 0 Å². The molecule has 0 atom stereocenters. The molecule has 0 unspecified atom stereocenters. The number of rotatable bonds is 5. The summed E-state index contributed by atoms with van der Waals surface area (Å²) in [6.45, 7) is 1.54. The van der Waals surface area contributed by atoms with Gasteiger partial charge in [0.05, 0.1) is 6.54 Å². The van der Waals surface area contributed by atoms with Crippen molar-refractivity contribution in [2.24, 2.45) is 0 Å². The average molecular weight is 132 g/mol. The first-order valence-corrected chi connectivity index (χ1v) is 2.84. The summed E-state index contributed by atoms with van der Waals surface area (Å²) in [5, 5.41) is 13.7. The van der Waals surface area contributed by atoms with Crippen molar-refractivity contribution >= 4 is 5.97 Å². The molecule has 0 aliphatic carbocycles. The molecule has 0 aliphatic heterocycles. The van der Waals surface area contributed by atoms with Crippen LogP contribution in [0.15, 0.2) is 0 Å². The van der Waals surface area contributed by atoms with Gasteiger partial charge in [0.25, 0.3) is 0 Å². The second kappa shape index (κ2) is 5.53. The number of hydrogen-bond donors (Lipinski definition) is 3. The lowest BCUT2D eigenvalue weighted by Crippen LogP contribution is -2.29. The lowest BCUT2D eigenvalue weighted by molar-refractivity contribution is -0.135. The van der Waals surface area contributed by atoms with E-state index in [4.69, 9.17) is 5.11 Å². The minimum absolute atomic E-state index is 0.0433. The van der Waals surface area contributed by atoms with Crippen LogP contribution in [0.5, 0.6) is 0 Å². The predicted octanol–water partition coefficient (Wildman–Crippen LogP) is -1.12. The summed E-state index contributed by atoms with van der Waals surface area (Å²) in [5.41, 5.74) is 0. The van der Waals surface area contributed by atoms with Gasteiger partial charge in [0.2, 0.25) is 0 Å². The fraction of sp³-hybridized carbons (Fsp3) is 0.800. The average Bonchev–Trinajstić information content (AvgIpc) is 1.80. The van der Waals surface area contributed by atoms with E-state index >= 15 is 0 Å². The van der Waals surface area contributed by atoms with E-state index < -0.39 is 5.97 Å². The molecule has 0 aromatic rings. The van der Waals surface area contributed by atoms with Crippen LogP contribution < -0.4 is 10.6 Å². The fourth-order valence-corrected chi connectivity index (χ4v) is 0.409. The Morgan fingerprint density at radius 1 is 1.56 bits per heavy atom. The molecule has 0 rings (SSSR count). The second-order valence-corrected chi connectivity index (χ2v) is 1.67. The highest BCUT2D eigenvalue weighted by Gasteiger charge is 1.91. The fourth-order valence-electron chi connectivity index (χ4n) is 0.409. The Balaban J connectivity index is 2.83. The Morgan fingerprint density at radius 3 is 2.67 bits per heavy atom. The van der Waals surface area contributed by atoms with Crippen LogP contribution >= 0.6 is 0 Å². The molecule has 0 bridgehead atoms. The van der Waals surface area contributed by atoms with Crippen LogP contribution in [0, 0.1) is 0 Å². The van der Waals surface area contributed by atoms with Gasteiger partial charge in [0.15, 0.2) is 0 Å².